The summed E-state index contributed by atoms with van der Waals surface area (Å²) in [6.07, 6.45) is 4.52. The van der Waals surface area contributed by atoms with E-state index in [1.165, 1.54) is 18.8 Å². The van der Waals surface area contributed by atoms with Crippen molar-refractivity contribution in [2.75, 3.05) is 0 Å². The lowest BCUT2D eigenvalue weighted by molar-refractivity contribution is 0.428. The highest BCUT2D eigenvalue weighted by Gasteiger charge is 2.74. The van der Waals surface area contributed by atoms with Gasteiger partial charge in [0.05, 0.1) is 0 Å². The van der Waals surface area contributed by atoms with E-state index in [4.69, 9.17) is 0 Å². The van der Waals surface area contributed by atoms with Crippen LogP contribution in [-0.2, 0) is 0 Å². The maximum atomic E-state index is 2.46. The van der Waals surface area contributed by atoms with Crippen LogP contribution in [0.3, 0.4) is 0 Å². The third-order valence-corrected chi connectivity index (χ3v) is 3.63. The molecule has 0 aliphatic heterocycles. The van der Waals surface area contributed by atoms with E-state index in [0.29, 0.717) is 0 Å². The van der Waals surface area contributed by atoms with Crippen LogP contribution in [0.15, 0.2) is 0 Å². The molecule has 0 radical (unpaired) electrons. The highest BCUT2D eigenvalue weighted by Crippen LogP contribution is 2.80. The van der Waals surface area contributed by atoms with Crippen LogP contribution in [0.2, 0.25) is 0 Å². The summed E-state index contributed by atoms with van der Waals surface area (Å²) in [4.78, 5) is 0. The Morgan fingerprint density at radius 1 is 1.50 bits per heavy atom. The fourth-order valence-electron chi connectivity index (χ4n) is 2.36. The maximum absolute atomic E-state index is 2.46. The molecule has 0 aromatic rings. The van der Waals surface area contributed by atoms with Gasteiger partial charge in [0.1, 0.15) is 0 Å². The van der Waals surface area contributed by atoms with E-state index in [0.717, 1.165) is 17.3 Å². The number of hydrogen-bond acceptors (Lipinski definition) is 0. The fraction of sp³-hybridized carbons (Fsp3) is 1.00. The highest BCUT2D eigenvalue weighted by atomic mass is 14.8. The monoisotopic (exact) mass is 138 g/mol. The minimum Gasteiger partial charge on any atom is -0.0628 e. The van der Waals surface area contributed by atoms with Crippen molar-refractivity contribution in [3.63, 3.8) is 0 Å². The molecule has 58 valence electrons. The number of hydrogen-bond donors (Lipinski definition) is 0. The molecule has 3 atom stereocenters. The molecule has 0 heteroatoms. The molecule has 0 nitrogen and oxygen atoms in total. The Labute approximate surface area is 64.0 Å². The molecule has 2 aliphatic rings. The van der Waals surface area contributed by atoms with E-state index >= 15 is 0 Å². The van der Waals surface area contributed by atoms with Gasteiger partial charge in [-0.3, -0.25) is 0 Å². The summed E-state index contributed by atoms with van der Waals surface area (Å²) in [7, 11) is 0. The lowest BCUT2D eigenvalue weighted by Gasteiger charge is -2.08. The van der Waals surface area contributed by atoms with E-state index in [1.807, 2.05) is 0 Å². The molecular weight excluding hydrogens is 120 g/mol. The highest BCUT2D eigenvalue weighted by molar-refractivity contribution is 5.22. The van der Waals surface area contributed by atoms with Crippen LogP contribution in [0.25, 0.3) is 0 Å². The van der Waals surface area contributed by atoms with E-state index in [2.05, 4.69) is 20.8 Å². The van der Waals surface area contributed by atoms with E-state index in [1.54, 1.807) is 6.42 Å². The van der Waals surface area contributed by atoms with Gasteiger partial charge in [-0.1, -0.05) is 27.2 Å². The molecule has 0 heterocycles. The van der Waals surface area contributed by atoms with Crippen molar-refractivity contribution in [1.29, 1.82) is 0 Å². The topological polar surface area (TPSA) is 0 Å². The van der Waals surface area contributed by atoms with Gasteiger partial charge in [-0.05, 0) is 36.0 Å². The summed E-state index contributed by atoms with van der Waals surface area (Å²) >= 11 is 0. The third kappa shape index (κ3) is 0.810. The van der Waals surface area contributed by atoms with Crippen molar-refractivity contribution in [1.82, 2.24) is 0 Å². The zero-order valence-corrected chi connectivity index (χ0v) is 7.35. The molecule has 2 rings (SSSR count). The molecule has 0 bridgehead atoms. The second-order valence-corrected chi connectivity index (χ2v) is 4.89. The van der Waals surface area contributed by atoms with Crippen LogP contribution in [0.4, 0.5) is 0 Å². The van der Waals surface area contributed by atoms with Gasteiger partial charge in [0.15, 0.2) is 0 Å². The van der Waals surface area contributed by atoms with Crippen molar-refractivity contribution < 1.29 is 0 Å². The van der Waals surface area contributed by atoms with Gasteiger partial charge >= 0.3 is 0 Å². The summed E-state index contributed by atoms with van der Waals surface area (Å²) < 4.78 is 0. The normalized spacial score (nSPS) is 49.2. The molecule has 10 heavy (non-hydrogen) atoms. The summed E-state index contributed by atoms with van der Waals surface area (Å²) in [5, 5.41) is 0. The Hall–Kier alpha value is 0. The van der Waals surface area contributed by atoms with Crippen molar-refractivity contribution in [2.45, 2.75) is 40.0 Å². The van der Waals surface area contributed by atoms with Gasteiger partial charge in [0, 0.05) is 0 Å². The molecule has 0 amide bonds. The molecule has 0 aromatic carbocycles. The second-order valence-electron chi connectivity index (χ2n) is 4.89. The molecule has 0 aromatic heterocycles. The molecular formula is C10H18. The van der Waals surface area contributed by atoms with Crippen LogP contribution in [0.5, 0.6) is 0 Å². The van der Waals surface area contributed by atoms with Gasteiger partial charge in [0.25, 0.3) is 0 Å². The van der Waals surface area contributed by atoms with E-state index in [-0.39, 0.29) is 0 Å². The quantitative estimate of drug-likeness (QED) is 0.562. The second kappa shape index (κ2) is 1.78. The lowest BCUT2D eigenvalue weighted by atomic mass is 9.97. The van der Waals surface area contributed by atoms with Crippen LogP contribution >= 0.6 is 0 Å². The van der Waals surface area contributed by atoms with Crippen LogP contribution in [0.1, 0.15) is 40.0 Å². The average Bonchev–Trinajstić information content (AvgIpc) is 2.55. The first-order valence-corrected chi connectivity index (χ1v) is 4.64. The zero-order chi connectivity index (χ0) is 7.35. The number of fused-ring (bicyclic) bond motifs is 1. The van der Waals surface area contributed by atoms with Crippen molar-refractivity contribution >= 4 is 0 Å². The van der Waals surface area contributed by atoms with Crippen molar-refractivity contribution in [2.24, 2.45) is 23.2 Å². The minimum absolute atomic E-state index is 0.870. The first-order valence-electron chi connectivity index (χ1n) is 4.64. The van der Waals surface area contributed by atoms with E-state index in [9.17, 15) is 0 Å². The predicted octanol–water partition coefficient (Wildman–Crippen LogP) is 3.08. The first-order chi connectivity index (χ1) is 4.64. The predicted molar refractivity (Wildman–Crippen MR) is 43.8 cm³/mol. The van der Waals surface area contributed by atoms with Gasteiger partial charge in [-0.2, -0.15) is 0 Å². The lowest BCUT2D eigenvalue weighted by Crippen LogP contribution is -1.97. The minimum atomic E-state index is 0.870. The molecule has 3 unspecified atom stereocenters. The molecule has 2 fully saturated rings. The molecule has 0 N–H and O–H groups in total. The molecule has 0 saturated heterocycles. The largest absolute Gasteiger partial charge is 0.0628 e. The van der Waals surface area contributed by atoms with E-state index < -0.39 is 0 Å². The third-order valence-electron chi connectivity index (χ3n) is 3.63. The maximum Gasteiger partial charge on any atom is -0.0260 e. The van der Waals surface area contributed by atoms with Crippen LogP contribution in [0, 0.1) is 23.2 Å². The van der Waals surface area contributed by atoms with Crippen molar-refractivity contribution in [3.8, 4) is 0 Å². The van der Waals surface area contributed by atoms with Gasteiger partial charge < -0.3 is 0 Å². The Balaban J connectivity index is 1.67. The number of rotatable bonds is 3. The Morgan fingerprint density at radius 2 is 2.10 bits per heavy atom. The van der Waals surface area contributed by atoms with Crippen LogP contribution < -0.4 is 0 Å². The SMILES string of the molecule is CC(C)CCC1C2CC12C. The molecule has 0 spiro atoms. The Kier molecular flexibility index (Phi) is 1.19. The van der Waals surface area contributed by atoms with Gasteiger partial charge in [0.2, 0.25) is 0 Å². The zero-order valence-electron chi connectivity index (χ0n) is 7.35. The summed E-state index contributed by atoms with van der Waals surface area (Å²) in [5.41, 5.74) is 0.870. The summed E-state index contributed by atoms with van der Waals surface area (Å²) in [6, 6.07) is 0. The fourth-order valence-corrected chi connectivity index (χ4v) is 2.36. The Morgan fingerprint density at radius 3 is 2.40 bits per heavy atom. The molecule has 2 saturated carbocycles. The smallest absolute Gasteiger partial charge is 0.0260 e. The Bertz CT molecular complexity index is 148. The standard InChI is InChI=1S/C10H18/c1-7(2)4-5-8-9-6-10(8,9)3/h7-9H,4-6H2,1-3H3. The van der Waals surface area contributed by atoms with Gasteiger partial charge in [-0.15, -0.1) is 0 Å². The summed E-state index contributed by atoms with van der Waals surface area (Å²) in [6.45, 7) is 7.12. The van der Waals surface area contributed by atoms with Crippen LogP contribution in [-0.4, -0.2) is 0 Å². The average molecular weight is 138 g/mol. The summed E-state index contributed by atoms with van der Waals surface area (Å²) in [5.74, 6) is 3.24. The van der Waals surface area contributed by atoms with Crippen molar-refractivity contribution in [3.05, 3.63) is 0 Å². The van der Waals surface area contributed by atoms with Gasteiger partial charge in [-0.25, -0.2) is 0 Å². The molecule has 2 aliphatic carbocycles. The first kappa shape index (κ1) is 6.69.